The van der Waals surface area contributed by atoms with Crippen molar-refractivity contribution < 1.29 is 13.9 Å². The van der Waals surface area contributed by atoms with Gasteiger partial charge in [0, 0.05) is 18.3 Å². The van der Waals surface area contributed by atoms with Gasteiger partial charge in [-0.25, -0.2) is 9.18 Å². The highest BCUT2D eigenvalue weighted by atomic mass is 32.2. The zero-order valence-electron chi connectivity index (χ0n) is 13.3. The van der Waals surface area contributed by atoms with E-state index in [2.05, 4.69) is 12.2 Å². The third-order valence-electron chi connectivity index (χ3n) is 3.97. The van der Waals surface area contributed by atoms with E-state index in [1.54, 1.807) is 12.1 Å². The predicted octanol–water partition coefficient (Wildman–Crippen LogP) is 3.43. The molecular formula is C16H23FN2O2S. The van der Waals surface area contributed by atoms with E-state index in [-0.39, 0.29) is 23.9 Å². The summed E-state index contributed by atoms with van der Waals surface area (Å²) in [5.74, 6) is 1.84. The van der Waals surface area contributed by atoms with Gasteiger partial charge in [-0.1, -0.05) is 6.07 Å². The number of nitrogens with one attached hydrogen (secondary N) is 1. The van der Waals surface area contributed by atoms with Gasteiger partial charge >= 0.3 is 6.03 Å². The lowest BCUT2D eigenvalue weighted by Crippen LogP contribution is -2.46. The van der Waals surface area contributed by atoms with Gasteiger partial charge in [0.05, 0.1) is 13.2 Å². The molecule has 0 radical (unpaired) electrons. The lowest BCUT2D eigenvalue weighted by molar-refractivity contribution is 0.180. The van der Waals surface area contributed by atoms with Crippen molar-refractivity contribution in [3.05, 3.63) is 29.6 Å². The van der Waals surface area contributed by atoms with Crippen LogP contribution in [0.4, 0.5) is 9.18 Å². The standard InChI is InChI=1S/C16H23FN2O2S/c1-11-6-8-22-9-7-19(11)16(20)18-12(2)13-4-5-15(21-3)14(17)10-13/h4-5,10-12H,6-9H2,1-3H3,(H,18,20). The van der Waals surface area contributed by atoms with E-state index < -0.39 is 5.82 Å². The fourth-order valence-corrected chi connectivity index (χ4v) is 3.54. The van der Waals surface area contributed by atoms with Gasteiger partial charge in [0.25, 0.3) is 0 Å². The topological polar surface area (TPSA) is 41.6 Å². The van der Waals surface area contributed by atoms with Gasteiger partial charge in [0.1, 0.15) is 0 Å². The van der Waals surface area contributed by atoms with Crippen LogP contribution in [0.2, 0.25) is 0 Å². The van der Waals surface area contributed by atoms with Gasteiger partial charge in [-0.3, -0.25) is 0 Å². The second-order valence-corrected chi connectivity index (χ2v) is 6.73. The summed E-state index contributed by atoms with van der Waals surface area (Å²) in [6.45, 7) is 4.68. The molecule has 2 rings (SSSR count). The van der Waals surface area contributed by atoms with Crippen molar-refractivity contribution in [2.75, 3.05) is 25.2 Å². The molecule has 4 nitrogen and oxygen atoms in total. The molecule has 1 saturated heterocycles. The van der Waals surface area contributed by atoms with Crippen molar-refractivity contribution in [2.24, 2.45) is 0 Å². The van der Waals surface area contributed by atoms with Crippen molar-refractivity contribution in [3.8, 4) is 5.75 Å². The normalized spacial score (nSPS) is 20.2. The molecule has 1 fully saturated rings. The van der Waals surface area contributed by atoms with Crippen LogP contribution in [0.1, 0.15) is 31.9 Å². The van der Waals surface area contributed by atoms with Crippen LogP contribution in [-0.4, -0.2) is 42.1 Å². The lowest BCUT2D eigenvalue weighted by atomic mass is 10.1. The van der Waals surface area contributed by atoms with Gasteiger partial charge in [0.2, 0.25) is 0 Å². The molecule has 0 aromatic heterocycles. The summed E-state index contributed by atoms with van der Waals surface area (Å²) in [5, 5.41) is 2.96. The van der Waals surface area contributed by atoms with Gasteiger partial charge < -0.3 is 15.0 Å². The molecule has 1 aliphatic rings. The minimum Gasteiger partial charge on any atom is -0.494 e. The summed E-state index contributed by atoms with van der Waals surface area (Å²) in [6.07, 6.45) is 1.00. The van der Waals surface area contributed by atoms with Gasteiger partial charge in [-0.15, -0.1) is 0 Å². The van der Waals surface area contributed by atoms with Crippen LogP contribution < -0.4 is 10.1 Å². The SMILES string of the molecule is COc1ccc(C(C)NC(=O)N2CCSCCC2C)cc1F. The molecular weight excluding hydrogens is 303 g/mol. The second kappa shape index (κ2) is 7.72. The first-order chi connectivity index (χ1) is 10.5. The fraction of sp³-hybridized carbons (Fsp3) is 0.562. The molecule has 22 heavy (non-hydrogen) atoms. The summed E-state index contributed by atoms with van der Waals surface area (Å²) in [6, 6.07) is 4.66. The summed E-state index contributed by atoms with van der Waals surface area (Å²) >= 11 is 1.88. The number of ether oxygens (including phenoxy) is 1. The van der Waals surface area contributed by atoms with Crippen LogP contribution in [0, 0.1) is 5.82 Å². The molecule has 6 heteroatoms. The summed E-state index contributed by atoms with van der Waals surface area (Å²) in [7, 11) is 1.43. The minimum atomic E-state index is -0.416. The third-order valence-corrected chi connectivity index (χ3v) is 4.96. The fourth-order valence-electron chi connectivity index (χ4n) is 2.50. The molecule has 0 spiro atoms. The van der Waals surface area contributed by atoms with Crippen LogP contribution in [0.25, 0.3) is 0 Å². The number of halogens is 1. The Morgan fingerprint density at radius 2 is 2.27 bits per heavy atom. The molecule has 1 aliphatic heterocycles. The monoisotopic (exact) mass is 326 g/mol. The van der Waals surface area contributed by atoms with E-state index in [0.717, 1.165) is 30.0 Å². The molecule has 2 atom stereocenters. The molecule has 1 N–H and O–H groups in total. The largest absolute Gasteiger partial charge is 0.494 e. The molecule has 0 saturated carbocycles. The second-order valence-electron chi connectivity index (χ2n) is 5.51. The zero-order valence-corrected chi connectivity index (χ0v) is 14.1. The number of rotatable bonds is 3. The number of thioether (sulfide) groups is 1. The number of hydrogen-bond acceptors (Lipinski definition) is 3. The van der Waals surface area contributed by atoms with Gasteiger partial charge in [-0.05, 0) is 43.7 Å². The van der Waals surface area contributed by atoms with E-state index in [4.69, 9.17) is 4.74 Å². The smallest absolute Gasteiger partial charge is 0.318 e. The molecule has 0 aliphatic carbocycles. The molecule has 1 aromatic carbocycles. The summed E-state index contributed by atoms with van der Waals surface area (Å²) in [5.41, 5.74) is 0.725. The number of benzene rings is 1. The Bertz CT molecular complexity index is 527. The maximum absolute atomic E-state index is 13.8. The highest BCUT2D eigenvalue weighted by Crippen LogP contribution is 2.22. The van der Waals surface area contributed by atoms with E-state index in [0.29, 0.717) is 0 Å². The number of carbonyl (C=O) groups is 1. The van der Waals surface area contributed by atoms with Crippen molar-refractivity contribution in [1.82, 2.24) is 10.2 Å². The zero-order chi connectivity index (χ0) is 16.1. The average Bonchev–Trinajstić information content (AvgIpc) is 2.71. The Morgan fingerprint density at radius 3 is 2.95 bits per heavy atom. The first kappa shape index (κ1) is 16.9. The molecule has 1 aromatic rings. The molecule has 0 bridgehead atoms. The highest BCUT2D eigenvalue weighted by molar-refractivity contribution is 7.99. The Morgan fingerprint density at radius 1 is 1.50 bits per heavy atom. The van der Waals surface area contributed by atoms with Crippen molar-refractivity contribution in [1.29, 1.82) is 0 Å². The number of urea groups is 1. The number of hydrogen-bond donors (Lipinski definition) is 1. The van der Waals surface area contributed by atoms with Crippen LogP contribution in [0.5, 0.6) is 5.75 Å². The highest BCUT2D eigenvalue weighted by Gasteiger charge is 2.23. The van der Waals surface area contributed by atoms with Crippen LogP contribution >= 0.6 is 11.8 Å². The minimum absolute atomic E-state index is 0.0845. The number of nitrogens with zero attached hydrogens (tertiary/aromatic N) is 1. The van der Waals surface area contributed by atoms with Crippen LogP contribution in [-0.2, 0) is 0 Å². The number of amides is 2. The Kier molecular flexibility index (Phi) is 5.94. The van der Waals surface area contributed by atoms with Crippen molar-refractivity contribution in [2.45, 2.75) is 32.4 Å². The third kappa shape index (κ3) is 4.06. The number of methoxy groups -OCH3 is 1. The van der Waals surface area contributed by atoms with E-state index in [1.807, 2.05) is 23.6 Å². The first-order valence-electron chi connectivity index (χ1n) is 7.51. The van der Waals surface area contributed by atoms with E-state index in [1.165, 1.54) is 13.2 Å². The Balaban J connectivity index is 2.02. The van der Waals surface area contributed by atoms with Crippen LogP contribution in [0.3, 0.4) is 0 Å². The molecule has 1 heterocycles. The summed E-state index contributed by atoms with van der Waals surface area (Å²) in [4.78, 5) is 14.3. The molecule has 122 valence electrons. The molecule has 2 unspecified atom stereocenters. The molecule has 2 amide bonds. The van der Waals surface area contributed by atoms with Crippen molar-refractivity contribution >= 4 is 17.8 Å². The van der Waals surface area contributed by atoms with Crippen molar-refractivity contribution in [3.63, 3.8) is 0 Å². The lowest BCUT2D eigenvalue weighted by Gasteiger charge is -2.28. The van der Waals surface area contributed by atoms with Gasteiger partial charge in [0.15, 0.2) is 11.6 Å². The maximum Gasteiger partial charge on any atom is 0.318 e. The number of carbonyl (C=O) groups excluding carboxylic acids is 1. The van der Waals surface area contributed by atoms with E-state index >= 15 is 0 Å². The van der Waals surface area contributed by atoms with Crippen LogP contribution in [0.15, 0.2) is 18.2 Å². The Labute approximate surface area is 135 Å². The average molecular weight is 326 g/mol. The first-order valence-corrected chi connectivity index (χ1v) is 8.66. The quantitative estimate of drug-likeness (QED) is 0.925. The Hall–Kier alpha value is -1.43. The maximum atomic E-state index is 13.8. The predicted molar refractivity (Wildman–Crippen MR) is 88.0 cm³/mol. The van der Waals surface area contributed by atoms with E-state index in [9.17, 15) is 9.18 Å². The summed E-state index contributed by atoms with van der Waals surface area (Å²) < 4.78 is 18.7. The van der Waals surface area contributed by atoms with Gasteiger partial charge in [-0.2, -0.15) is 11.8 Å².